The van der Waals surface area contributed by atoms with Gasteiger partial charge in [-0.05, 0) is 24.8 Å². The summed E-state index contributed by atoms with van der Waals surface area (Å²) in [6, 6.07) is 0.217. The Kier molecular flexibility index (Phi) is 3.48. The van der Waals surface area contributed by atoms with E-state index < -0.39 is 0 Å². The number of hydrogen-bond acceptors (Lipinski definition) is 2. The maximum Gasteiger partial charge on any atom is 0.246 e. The molecule has 2 unspecified atom stereocenters. The van der Waals surface area contributed by atoms with Crippen molar-refractivity contribution in [3.8, 4) is 0 Å². The molecule has 0 bridgehead atoms. The summed E-state index contributed by atoms with van der Waals surface area (Å²) in [6.45, 7) is 7.08. The van der Waals surface area contributed by atoms with Gasteiger partial charge in [0, 0.05) is 19.1 Å². The number of piperidine rings is 1. The van der Waals surface area contributed by atoms with Crippen LogP contribution in [0.4, 0.5) is 0 Å². The number of carbonyl (C=O) groups is 1. The minimum atomic E-state index is 0.0161. The second-order valence-corrected chi connectivity index (χ2v) is 3.75. The lowest BCUT2D eigenvalue weighted by Crippen LogP contribution is -2.48. The number of nitrogens with zero attached hydrogens (tertiary/aromatic N) is 1. The molecule has 0 aliphatic carbocycles. The minimum absolute atomic E-state index is 0.0161. The molecule has 0 aromatic heterocycles. The van der Waals surface area contributed by atoms with E-state index in [2.05, 4.69) is 13.5 Å². The zero-order valence-electron chi connectivity index (χ0n) is 8.20. The monoisotopic (exact) mass is 182 g/mol. The molecule has 1 saturated heterocycles. The zero-order valence-corrected chi connectivity index (χ0v) is 8.20. The van der Waals surface area contributed by atoms with E-state index in [0.29, 0.717) is 12.5 Å². The van der Waals surface area contributed by atoms with Gasteiger partial charge in [0.25, 0.3) is 0 Å². The van der Waals surface area contributed by atoms with Crippen molar-refractivity contribution in [3.05, 3.63) is 12.7 Å². The first-order valence-electron chi connectivity index (χ1n) is 4.82. The summed E-state index contributed by atoms with van der Waals surface area (Å²) in [5.41, 5.74) is 5.62. The predicted octanol–water partition coefficient (Wildman–Crippen LogP) is 0.758. The molecule has 0 aromatic rings. The van der Waals surface area contributed by atoms with Gasteiger partial charge in [0.05, 0.1) is 0 Å². The van der Waals surface area contributed by atoms with Crippen LogP contribution in [0.2, 0.25) is 0 Å². The highest BCUT2D eigenvalue weighted by Crippen LogP contribution is 2.21. The lowest BCUT2D eigenvalue weighted by Gasteiger charge is -2.37. The van der Waals surface area contributed by atoms with Crippen LogP contribution in [0, 0.1) is 5.92 Å². The van der Waals surface area contributed by atoms with Crippen molar-refractivity contribution in [1.82, 2.24) is 4.90 Å². The quantitative estimate of drug-likeness (QED) is 0.641. The van der Waals surface area contributed by atoms with Gasteiger partial charge in [0.1, 0.15) is 0 Å². The molecular weight excluding hydrogens is 164 g/mol. The highest BCUT2D eigenvalue weighted by atomic mass is 16.2. The molecule has 74 valence electrons. The SMILES string of the molecule is C=CC(=O)N1CCC(C)CC1CN. The van der Waals surface area contributed by atoms with Gasteiger partial charge < -0.3 is 10.6 Å². The summed E-state index contributed by atoms with van der Waals surface area (Å²) >= 11 is 0. The number of likely N-dealkylation sites (tertiary alicyclic amines) is 1. The summed E-state index contributed by atoms with van der Waals surface area (Å²) in [6.07, 6.45) is 3.48. The molecule has 0 radical (unpaired) electrons. The maximum atomic E-state index is 11.4. The third-order valence-corrected chi connectivity index (χ3v) is 2.71. The molecule has 0 aromatic carbocycles. The number of nitrogens with two attached hydrogens (primary N) is 1. The highest BCUT2D eigenvalue weighted by molar-refractivity contribution is 5.87. The molecule has 0 saturated carbocycles. The Morgan fingerprint density at radius 3 is 3.00 bits per heavy atom. The Labute approximate surface area is 79.6 Å². The summed E-state index contributed by atoms with van der Waals surface area (Å²) < 4.78 is 0. The Bertz CT molecular complexity index is 203. The van der Waals surface area contributed by atoms with Crippen molar-refractivity contribution in [1.29, 1.82) is 0 Å². The van der Waals surface area contributed by atoms with Crippen LogP contribution in [0.5, 0.6) is 0 Å². The van der Waals surface area contributed by atoms with Crippen LogP contribution in [0.3, 0.4) is 0 Å². The predicted molar refractivity (Wildman–Crippen MR) is 53.2 cm³/mol. The standard InChI is InChI=1S/C10H18N2O/c1-3-10(13)12-5-4-8(2)6-9(12)7-11/h3,8-9H,1,4-7,11H2,2H3. The summed E-state index contributed by atoms with van der Waals surface area (Å²) in [7, 11) is 0. The smallest absolute Gasteiger partial charge is 0.246 e. The van der Waals surface area contributed by atoms with Crippen LogP contribution in [-0.2, 0) is 4.79 Å². The molecule has 3 heteroatoms. The van der Waals surface area contributed by atoms with Crippen molar-refractivity contribution in [2.24, 2.45) is 11.7 Å². The van der Waals surface area contributed by atoms with Crippen molar-refractivity contribution in [3.63, 3.8) is 0 Å². The zero-order chi connectivity index (χ0) is 9.84. The van der Waals surface area contributed by atoms with E-state index in [0.717, 1.165) is 19.4 Å². The van der Waals surface area contributed by atoms with Gasteiger partial charge in [-0.15, -0.1) is 0 Å². The van der Waals surface area contributed by atoms with Crippen LogP contribution in [-0.4, -0.2) is 29.9 Å². The molecule has 1 heterocycles. The first-order chi connectivity index (χ1) is 6.19. The fraction of sp³-hybridized carbons (Fsp3) is 0.700. The average Bonchev–Trinajstić information content (AvgIpc) is 2.16. The lowest BCUT2D eigenvalue weighted by atomic mass is 9.92. The lowest BCUT2D eigenvalue weighted by molar-refractivity contribution is -0.129. The van der Waals surface area contributed by atoms with Gasteiger partial charge >= 0.3 is 0 Å². The number of rotatable bonds is 2. The Balaban J connectivity index is 2.62. The van der Waals surface area contributed by atoms with Gasteiger partial charge in [0.15, 0.2) is 0 Å². The topological polar surface area (TPSA) is 46.3 Å². The van der Waals surface area contributed by atoms with E-state index in [1.54, 1.807) is 0 Å². The van der Waals surface area contributed by atoms with Crippen LogP contribution in [0.1, 0.15) is 19.8 Å². The Morgan fingerprint density at radius 1 is 1.77 bits per heavy atom. The summed E-state index contributed by atoms with van der Waals surface area (Å²) in [4.78, 5) is 13.2. The summed E-state index contributed by atoms with van der Waals surface area (Å²) in [5.74, 6) is 0.699. The van der Waals surface area contributed by atoms with E-state index in [9.17, 15) is 4.79 Å². The molecule has 13 heavy (non-hydrogen) atoms. The Hall–Kier alpha value is -0.830. The fourth-order valence-electron chi connectivity index (χ4n) is 1.88. The van der Waals surface area contributed by atoms with E-state index in [1.165, 1.54) is 6.08 Å². The molecule has 1 aliphatic rings. The molecule has 1 rings (SSSR count). The van der Waals surface area contributed by atoms with E-state index in [1.807, 2.05) is 4.90 Å². The van der Waals surface area contributed by atoms with E-state index in [4.69, 9.17) is 5.73 Å². The van der Waals surface area contributed by atoms with Gasteiger partial charge in [-0.3, -0.25) is 4.79 Å². The number of carbonyl (C=O) groups excluding carboxylic acids is 1. The third kappa shape index (κ3) is 2.31. The third-order valence-electron chi connectivity index (χ3n) is 2.71. The minimum Gasteiger partial charge on any atom is -0.335 e. The van der Waals surface area contributed by atoms with Gasteiger partial charge in [0.2, 0.25) is 5.91 Å². The highest BCUT2D eigenvalue weighted by Gasteiger charge is 2.27. The van der Waals surface area contributed by atoms with Crippen LogP contribution in [0.15, 0.2) is 12.7 Å². The van der Waals surface area contributed by atoms with Gasteiger partial charge in [-0.2, -0.15) is 0 Å². The normalized spacial score (nSPS) is 28.6. The molecular formula is C10H18N2O. The van der Waals surface area contributed by atoms with E-state index >= 15 is 0 Å². The fourth-order valence-corrected chi connectivity index (χ4v) is 1.88. The molecule has 2 N–H and O–H groups in total. The Morgan fingerprint density at radius 2 is 2.46 bits per heavy atom. The first kappa shape index (κ1) is 10.3. The number of hydrogen-bond donors (Lipinski definition) is 1. The number of amides is 1. The first-order valence-corrected chi connectivity index (χ1v) is 4.82. The van der Waals surface area contributed by atoms with Crippen LogP contribution >= 0.6 is 0 Å². The van der Waals surface area contributed by atoms with Crippen molar-refractivity contribution in [2.75, 3.05) is 13.1 Å². The second kappa shape index (κ2) is 4.42. The average molecular weight is 182 g/mol. The molecule has 1 aliphatic heterocycles. The summed E-state index contributed by atoms with van der Waals surface area (Å²) in [5, 5.41) is 0. The molecule has 1 fully saturated rings. The largest absolute Gasteiger partial charge is 0.335 e. The molecule has 0 spiro atoms. The van der Waals surface area contributed by atoms with E-state index in [-0.39, 0.29) is 11.9 Å². The van der Waals surface area contributed by atoms with Gasteiger partial charge in [-0.25, -0.2) is 0 Å². The van der Waals surface area contributed by atoms with Crippen molar-refractivity contribution >= 4 is 5.91 Å². The van der Waals surface area contributed by atoms with Crippen LogP contribution in [0.25, 0.3) is 0 Å². The molecule has 3 nitrogen and oxygen atoms in total. The van der Waals surface area contributed by atoms with Crippen LogP contribution < -0.4 is 5.73 Å². The molecule has 2 atom stereocenters. The molecule has 1 amide bonds. The second-order valence-electron chi connectivity index (χ2n) is 3.75. The maximum absolute atomic E-state index is 11.4. The van der Waals surface area contributed by atoms with Gasteiger partial charge in [-0.1, -0.05) is 13.5 Å². The van der Waals surface area contributed by atoms with Crippen molar-refractivity contribution in [2.45, 2.75) is 25.8 Å². The van der Waals surface area contributed by atoms with Crippen molar-refractivity contribution < 1.29 is 4.79 Å².